The Hall–Kier alpha value is -0.160. The van der Waals surface area contributed by atoms with Gasteiger partial charge in [0.1, 0.15) is 0 Å². The highest BCUT2D eigenvalue weighted by atomic mass is 15.3. The minimum atomic E-state index is 0.460. The second-order valence-corrected chi connectivity index (χ2v) is 6.76. The summed E-state index contributed by atoms with van der Waals surface area (Å²) in [5.74, 6) is 1.05. The summed E-state index contributed by atoms with van der Waals surface area (Å²) in [6.07, 6.45) is 5.35. The highest BCUT2D eigenvalue weighted by Crippen LogP contribution is 2.29. The number of piperazine rings is 1. The fourth-order valence-electron chi connectivity index (χ4n) is 3.32. The molecule has 2 N–H and O–H groups in total. The fourth-order valence-corrected chi connectivity index (χ4v) is 3.32. The van der Waals surface area contributed by atoms with Crippen LogP contribution in [0.5, 0.6) is 0 Å². The van der Waals surface area contributed by atoms with Crippen LogP contribution in [-0.2, 0) is 0 Å². The summed E-state index contributed by atoms with van der Waals surface area (Å²) in [4.78, 5) is 7.92. The van der Waals surface area contributed by atoms with Crippen molar-refractivity contribution in [3.8, 4) is 0 Å². The topological polar surface area (TPSA) is 35.7 Å². The van der Waals surface area contributed by atoms with E-state index in [1.807, 2.05) is 0 Å². The second-order valence-electron chi connectivity index (χ2n) is 6.76. The largest absolute Gasteiger partial charge is 0.328 e. The van der Waals surface area contributed by atoms with Crippen molar-refractivity contribution in [3.63, 3.8) is 0 Å². The van der Waals surface area contributed by atoms with Crippen molar-refractivity contribution in [2.45, 2.75) is 31.7 Å². The van der Waals surface area contributed by atoms with Crippen LogP contribution in [0.1, 0.15) is 25.7 Å². The third-order valence-electron chi connectivity index (χ3n) is 5.04. The summed E-state index contributed by atoms with van der Waals surface area (Å²) in [6.45, 7) is 11.4. The molecule has 19 heavy (non-hydrogen) atoms. The van der Waals surface area contributed by atoms with E-state index in [4.69, 9.17) is 5.73 Å². The summed E-state index contributed by atoms with van der Waals surface area (Å²) in [5.41, 5.74) is 5.95. The molecule has 4 nitrogen and oxygen atoms in total. The monoisotopic (exact) mass is 266 g/mol. The second kappa shape index (κ2) is 6.53. The van der Waals surface area contributed by atoms with E-state index in [0.717, 1.165) is 5.92 Å². The maximum Gasteiger partial charge on any atom is 0.0110 e. The number of rotatable bonds is 5. The third kappa shape index (κ3) is 4.42. The summed E-state index contributed by atoms with van der Waals surface area (Å²) in [5, 5.41) is 0. The van der Waals surface area contributed by atoms with Crippen LogP contribution in [0.3, 0.4) is 0 Å². The zero-order valence-electron chi connectivity index (χ0n) is 12.3. The summed E-state index contributed by atoms with van der Waals surface area (Å²) in [6, 6.07) is 0.460. The fraction of sp³-hybridized carbons (Fsp3) is 1.00. The van der Waals surface area contributed by atoms with E-state index in [2.05, 4.69) is 14.7 Å². The first-order chi connectivity index (χ1) is 9.29. The summed E-state index contributed by atoms with van der Waals surface area (Å²) < 4.78 is 0. The molecule has 0 bridgehead atoms. The van der Waals surface area contributed by atoms with Gasteiger partial charge < -0.3 is 15.5 Å². The Balaban J connectivity index is 1.29. The van der Waals surface area contributed by atoms with Gasteiger partial charge >= 0.3 is 0 Å². The van der Waals surface area contributed by atoms with Crippen molar-refractivity contribution in [1.82, 2.24) is 14.7 Å². The Kier molecular flexibility index (Phi) is 4.74. The molecule has 1 saturated carbocycles. The van der Waals surface area contributed by atoms with Gasteiger partial charge in [-0.1, -0.05) is 0 Å². The first-order valence-corrected chi connectivity index (χ1v) is 8.22. The van der Waals surface area contributed by atoms with Crippen molar-refractivity contribution in [3.05, 3.63) is 0 Å². The Morgan fingerprint density at radius 3 is 1.79 bits per heavy atom. The van der Waals surface area contributed by atoms with Crippen LogP contribution < -0.4 is 5.73 Å². The molecule has 0 spiro atoms. The zero-order chi connectivity index (χ0) is 13.1. The Bertz CT molecular complexity index is 263. The molecule has 0 unspecified atom stereocenters. The van der Waals surface area contributed by atoms with Crippen LogP contribution in [0.4, 0.5) is 0 Å². The average Bonchev–Trinajstić information content (AvgIpc) is 3.24. The predicted octanol–water partition coefficient (Wildman–Crippen LogP) is 0.437. The van der Waals surface area contributed by atoms with Crippen molar-refractivity contribution in [2.24, 2.45) is 11.7 Å². The lowest BCUT2D eigenvalue weighted by Crippen LogP contribution is -2.49. The molecule has 0 atom stereocenters. The van der Waals surface area contributed by atoms with Crippen LogP contribution in [0, 0.1) is 5.92 Å². The van der Waals surface area contributed by atoms with Crippen LogP contribution in [-0.4, -0.2) is 79.6 Å². The Morgan fingerprint density at radius 2 is 1.21 bits per heavy atom. The van der Waals surface area contributed by atoms with E-state index in [-0.39, 0.29) is 0 Å². The maximum atomic E-state index is 5.95. The molecule has 0 amide bonds. The van der Waals surface area contributed by atoms with Gasteiger partial charge in [-0.2, -0.15) is 0 Å². The summed E-state index contributed by atoms with van der Waals surface area (Å²) in [7, 11) is 0. The average molecular weight is 266 g/mol. The highest BCUT2D eigenvalue weighted by molar-refractivity contribution is 4.81. The van der Waals surface area contributed by atoms with Gasteiger partial charge in [-0.25, -0.2) is 0 Å². The van der Waals surface area contributed by atoms with E-state index in [9.17, 15) is 0 Å². The van der Waals surface area contributed by atoms with E-state index >= 15 is 0 Å². The van der Waals surface area contributed by atoms with Crippen molar-refractivity contribution >= 4 is 0 Å². The normalized spacial score (nSPS) is 28.9. The van der Waals surface area contributed by atoms with Gasteiger partial charge in [-0.3, -0.25) is 4.90 Å². The molecule has 1 aliphatic carbocycles. The summed E-state index contributed by atoms with van der Waals surface area (Å²) >= 11 is 0. The van der Waals surface area contributed by atoms with E-state index < -0.39 is 0 Å². The van der Waals surface area contributed by atoms with E-state index in [0.29, 0.717) is 6.04 Å². The number of likely N-dealkylation sites (tertiary alicyclic amines) is 1. The van der Waals surface area contributed by atoms with Crippen molar-refractivity contribution < 1.29 is 0 Å². The lowest BCUT2D eigenvalue weighted by molar-refractivity contribution is 0.109. The number of hydrogen-bond acceptors (Lipinski definition) is 4. The molecule has 3 aliphatic rings. The number of hydrogen-bond donors (Lipinski definition) is 1. The van der Waals surface area contributed by atoms with Crippen molar-refractivity contribution in [2.75, 3.05) is 58.9 Å². The molecule has 3 fully saturated rings. The standard InChI is InChI=1S/C15H30N4/c16-15-3-5-17(6-4-15)7-8-18-9-11-19(12-10-18)13-14-1-2-14/h14-15H,1-13,16H2. The van der Waals surface area contributed by atoms with Gasteiger partial charge in [0.2, 0.25) is 0 Å². The Morgan fingerprint density at radius 1 is 0.684 bits per heavy atom. The molecule has 0 radical (unpaired) electrons. The van der Waals surface area contributed by atoms with E-state index in [1.165, 1.54) is 84.6 Å². The number of nitrogens with two attached hydrogens (primary N) is 1. The molecule has 2 saturated heterocycles. The zero-order valence-corrected chi connectivity index (χ0v) is 12.3. The van der Waals surface area contributed by atoms with Crippen molar-refractivity contribution in [1.29, 1.82) is 0 Å². The number of nitrogens with zero attached hydrogens (tertiary/aromatic N) is 3. The quantitative estimate of drug-likeness (QED) is 0.783. The SMILES string of the molecule is NC1CCN(CCN2CCN(CC3CC3)CC2)CC1. The smallest absolute Gasteiger partial charge is 0.0110 e. The molecule has 0 aromatic carbocycles. The molecular formula is C15H30N4. The van der Waals surface area contributed by atoms with Gasteiger partial charge in [-0.15, -0.1) is 0 Å². The predicted molar refractivity (Wildman–Crippen MR) is 79.3 cm³/mol. The van der Waals surface area contributed by atoms with Gasteiger partial charge in [-0.05, 0) is 44.7 Å². The molecule has 2 aliphatic heterocycles. The molecule has 110 valence electrons. The molecule has 3 rings (SSSR count). The van der Waals surface area contributed by atoms with Crippen LogP contribution in [0.2, 0.25) is 0 Å². The molecule has 4 heteroatoms. The first-order valence-electron chi connectivity index (χ1n) is 8.22. The maximum absolute atomic E-state index is 5.95. The molecule has 0 aromatic rings. The lowest BCUT2D eigenvalue weighted by Gasteiger charge is -2.37. The van der Waals surface area contributed by atoms with Gasteiger partial charge in [0, 0.05) is 51.9 Å². The molecule has 0 aromatic heterocycles. The molecule has 2 heterocycles. The number of piperidine rings is 1. The third-order valence-corrected chi connectivity index (χ3v) is 5.04. The first kappa shape index (κ1) is 13.8. The molecular weight excluding hydrogens is 236 g/mol. The van der Waals surface area contributed by atoms with Gasteiger partial charge in [0.05, 0.1) is 0 Å². The highest BCUT2D eigenvalue weighted by Gasteiger charge is 2.26. The minimum Gasteiger partial charge on any atom is -0.328 e. The van der Waals surface area contributed by atoms with Gasteiger partial charge in [0.25, 0.3) is 0 Å². The van der Waals surface area contributed by atoms with Crippen LogP contribution in [0.25, 0.3) is 0 Å². The Labute approximate surface area is 117 Å². The van der Waals surface area contributed by atoms with Crippen LogP contribution in [0.15, 0.2) is 0 Å². The lowest BCUT2D eigenvalue weighted by atomic mass is 10.1. The van der Waals surface area contributed by atoms with E-state index in [1.54, 1.807) is 0 Å². The van der Waals surface area contributed by atoms with Crippen LogP contribution >= 0.6 is 0 Å². The van der Waals surface area contributed by atoms with Gasteiger partial charge in [0.15, 0.2) is 0 Å². The minimum absolute atomic E-state index is 0.460.